The van der Waals surface area contributed by atoms with Crippen LogP contribution in [0.4, 0.5) is 0 Å². The van der Waals surface area contributed by atoms with Crippen LogP contribution in [0.2, 0.25) is 0 Å². The molecule has 1 N–H and O–H groups in total. The fourth-order valence-electron chi connectivity index (χ4n) is 3.48. The van der Waals surface area contributed by atoms with Gasteiger partial charge in [-0.05, 0) is 97.8 Å². The summed E-state index contributed by atoms with van der Waals surface area (Å²) in [6.07, 6.45) is 0. The van der Waals surface area contributed by atoms with E-state index in [2.05, 4.69) is 0 Å². The average Bonchev–Trinajstić information content (AvgIpc) is 2.71. The zero-order valence-electron chi connectivity index (χ0n) is 19.1. The summed E-state index contributed by atoms with van der Waals surface area (Å²) in [7, 11) is -8.17. The molecule has 7 heteroatoms. The second-order valence-corrected chi connectivity index (χ2v) is 12.3. The normalized spacial score (nSPS) is 12.3. The van der Waals surface area contributed by atoms with Crippen LogP contribution in [0.25, 0.3) is 0 Å². The second-order valence-electron chi connectivity index (χ2n) is 8.51. The highest BCUT2D eigenvalue weighted by Gasteiger charge is 2.30. The van der Waals surface area contributed by atoms with Crippen molar-refractivity contribution in [1.82, 2.24) is 0 Å². The van der Waals surface area contributed by atoms with Crippen LogP contribution in [0, 0.1) is 27.7 Å². The minimum atomic E-state index is -4.15. The first-order chi connectivity index (χ1) is 14.8. The van der Waals surface area contributed by atoms with E-state index in [0.29, 0.717) is 5.56 Å². The van der Waals surface area contributed by atoms with E-state index in [-0.39, 0.29) is 20.6 Å². The van der Waals surface area contributed by atoms with Crippen LogP contribution < -0.4 is 0 Å². The van der Waals surface area contributed by atoms with E-state index < -0.39 is 30.3 Å². The lowest BCUT2D eigenvalue weighted by atomic mass is 10.0. The van der Waals surface area contributed by atoms with E-state index in [1.54, 1.807) is 39.0 Å². The molecule has 0 unspecified atom stereocenters. The summed E-state index contributed by atoms with van der Waals surface area (Å²) in [6, 6.07) is 11.9. The van der Waals surface area contributed by atoms with Crippen LogP contribution in [0.3, 0.4) is 0 Å². The Bertz CT molecular complexity index is 1420. The predicted octanol–water partition coefficient (Wildman–Crippen LogP) is 5.41. The summed E-state index contributed by atoms with van der Waals surface area (Å²) in [5, 5.41) is 10.6. The minimum absolute atomic E-state index is 0.00252. The van der Waals surface area contributed by atoms with Gasteiger partial charge in [0.15, 0.2) is 0 Å². The molecule has 0 spiro atoms. The maximum Gasteiger partial charge on any atom is 0.210 e. The summed E-state index contributed by atoms with van der Waals surface area (Å²) >= 11 is 0. The lowest BCUT2D eigenvalue weighted by Gasteiger charge is -2.17. The molecule has 0 heterocycles. The molecule has 0 saturated heterocycles. The van der Waals surface area contributed by atoms with Gasteiger partial charge >= 0.3 is 0 Å². The van der Waals surface area contributed by atoms with Crippen molar-refractivity contribution in [2.45, 2.75) is 67.0 Å². The van der Waals surface area contributed by atoms with Gasteiger partial charge in [-0.1, -0.05) is 26.0 Å². The number of hydrogen-bond donors (Lipinski definition) is 1. The lowest BCUT2D eigenvalue weighted by Crippen LogP contribution is -2.11. The van der Waals surface area contributed by atoms with Crippen molar-refractivity contribution in [2.75, 3.05) is 0 Å². The van der Waals surface area contributed by atoms with Crippen molar-refractivity contribution in [3.8, 4) is 5.75 Å². The minimum Gasteiger partial charge on any atom is -0.507 e. The Labute approximate surface area is 190 Å². The van der Waals surface area contributed by atoms with E-state index in [4.69, 9.17) is 0 Å². The van der Waals surface area contributed by atoms with Gasteiger partial charge in [0.05, 0.1) is 14.7 Å². The van der Waals surface area contributed by atoms with E-state index >= 15 is 0 Å². The number of hydrogen-bond acceptors (Lipinski definition) is 5. The van der Waals surface area contributed by atoms with Gasteiger partial charge in [0.2, 0.25) is 19.7 Å². The number of phenolic OH excluding ortho intramolecular Hbond substituents is 1. The number of aromatic hydroxyl groups is 1. The Kier molecular flexibility index (Phi) is 6.28. The Morgan fingerprint density at radius 3 is 1.47 bits per heavy atom. The van der Waals surface area contributed by atoms with E-state index in [1.807, 2.05) is 20.8 Å². The van der Waals surface area contributed by atoms with Gasteiger partial charge in [-0.15, -0.1) is 0 Å². The fraction of sp³-hybridized carbons (Fsp3) is 0.280. The largest absolute Gasteiger partial charge is 0.507 e. The number of phenols is 1. The number of rotatable bonds is 5. The number of aryl methyl sites for hydroxylation is 4. The summed E-state index contributed by atoms with van der Waals surface area (Å²) in [5.74, 6) is -0.721. The molecular weight excluding hydrogens is 444 g/mol. The van der Waals surface area contributed by atoms with E-state index in [0.717, 1.165) is 28.3 Å². The molecule has 0 aliphatic carbocycles. The summed E-state index contributed by atoms with van der Waals surface area (Å²) in [4.78, 5) is -0.450. The quantitative estimate of drug-likeness (QED) is 0.536. The van der Waals surface area contributed by atoms with Crippen LogP contribution in [-0.2, 0) is 19.7 Å². The van der Waals surface area contributed by atoms with Gasteiger partial charge < -0.3 is 5.11 Å². The first kappa shape index (κ1) is 24.0. The molecule has 0 bridgehead atoms. The highest BCUT2D eigenvalue weighted by atomic mass is 32.2. The van der Waals surface area contributed by atoms with Crippen molar-refractivity contribution in [2.24, 2.45) is 0 Å². The Hall–Kier alpha value is -2.64. The third-order valence-electron chi connectivity index (χ3n) is 5.87. The molecule has 0 radical (unpaired) electrons. The molecule has 3 rings (SSSR count). The monoisotopic (exact) mass is 472 g/mol. The predicted molar refractivity (Wildman–Crippen MR) is 125 cm³/mol. The smallest absolute Gasteiger partial charge is 0.210 e. The lowest BCUT2D eigenvalue weighted by molar-refractivity contribution is 0.456. The number of benzene rings is 3. The summed E-state index contributed by atoms with van der Waals surface area (Å²) in [6.45, 7) is 11.0. The SMILES string of the molecule is Cc1ccc(S(=O)(=O)c2cc(S(=O)(=O)c3ccc(C)c(C)c3)c(C(C)C)cc2O)cc1C. The molecular formula is C25H28O5S2. The topological polar surface area (TPSA) is 88.5 Å². The molecule has 0 saturated carbocycles. The van der Waals surface area contributed by atoms with Crippen molar-refractivity contribution in [1.29, 1.82) is 0 Å². The molecule has 3 aromatic rings. The van der Waals surface area contributed by atoms with Gasteiger partial charge in [0.25, 0.3) is 0 Å². The molecule has 0 atom stereocenters. The van der Waals surface area contributed by atoms with Crippen molar-refractivity contribution in [3.63, 3.8) is 0 Å². The zero-order chi connectivity index (χ0) is 24.0. The van der Waals surface area contributed by atoms with Gasteiger partial charge in [-0.25, -0.2) is 16.8 Å². The maximum absolute atomic E-state index is 13.6. The third kappa shape index (κ3) is 4.19. The first-order valence-electron chi connectivity index (χ1n) is 10.3. The second kappa shape index (κ2) is 8.37. The Morgan fingerprint density at radius 1 is 0.625 bits per heavy atom. The third-order valence-corrected chi connectivity index (χ3v) is 9.46. The van der Waals surface area contributed by atoms with Crippen LogP contribution in [0.5, 0.6) is 5.75 Å². The highest BCUT2D eigenvalue weighted by Crippen LogP contribution is 2.38. The molecule has 0 amide bonds. The summed E-state index contributed by atoms with van der Waals surface area (Å²) in [5.41, 5.74) is 3.85. The molecule has 0 aliphatic heterocycles. The zero-order valence-corrected chi connectivity index (χ0v) is 20.7. The van der Waals surface area contributed by atoms with E-state index in [9.17, 15) is 21.9 Å². The molecule has 0 aliphatic rings. The van der Waals surface area contributed by atoms with Crippen molar-refractivity contribution < 1.29 is 21.9 Å². The average molecular weight is 473 g/mol. The Morgan fingerprint density at radius 2 is 1.06 bits per heavy atom. The molecule has 32 heavy (non-hydrogen) atoms. The van der Waals surface area contributed by atoms with Crippen molar-refractivity contribution >= 4 is 19.7 Å². The van der Waals surface area contributed by atoms with Crippen LogP contribution in [0.1, 0.15) is 47.6 Å². The highest BCUT2D eigenvalue weighted by molar-refractivity contribution is 7.92. The van der Waals surface area contributed by atoms with Gasteiger partial charge in [0.1, 0.15) is 10.6 Å². The Balaban J connectivity index is 2.31. The standard InChI is InChI=1S/C25H28O5S2/c1-15(2)22-13-23(26)25(32(29,30)21-10-8-17(4)19(6)12-21)14-24(22)31(27,28)20-9-7-16(3)18(5)11-20/h7-15,26H,1-6H3. The van der Waals surface area contributed by atoms with Crippen LogP contribution >= 0.6 is 0 Å². The van der Waals surface area contributed by atoms with Gasteiger partial charge in [0, 0.05) is 0 Å². The maximum atomic E-state index is 13.6. The fourth-order valence-corrected chi connectivity index (χ4v) is 6.71. The molecule has 5 nitrogen and oxygen atoms in total. The first-order valence-corrected chi connectivity index (χ1v) is 13.2. The molecule has 0 aromatic heterocycles. The molecule has 3 aromatic carbocycles. The molecule has 170 valence electrons. The number of sulfone groups is 2. The van der Waals surface area contributed by atoms with Gasteiger partial charge in [-0.3, -0.25) is 0 Å². The van der Waals surface area contributed by atoms with Crippen LogP contribution in [0.15, 0.2) is 68.1 Å². The van der Waals surface area contributed by atoms with Crippen molar-refractivity contribution in [3.05, 3.63) is 76.3 Å². The van der Waals surface area contributed by atoms with Crippen LogP contribution in [-0.4, -0.2) is 21.9 Å². The molecule has 0 fully saturated rings. The summed E-state index contributed by atoms with van der Waals surface area (Å²) < 4.78 is 53.9. The van der Waals surface area contributed by atoms with E-state index in [1.165, 1.54) is 24.3 Å². The van der Waals surface area contributed by atoms with Gasteiger partial charge in [-0.2, -0.15) is 0 Å².